The Labute approximate surface area is 203 Å². The van der Waals surface area contributed by atoms with Crippen LogP contribution in [0.2, 0.25) is 0 Å². The molecule has 0 aliphatic carbocycles. The normalized spacial score (nSPS) is 16.0. The van der Waals surface area contributed by atoms with Crippen molar-refractivity contribution in [3.05, 3.63) is 95.4 Å². The highest BCUT2D eigenvalue weighted by Crippen LogP contribution is 2.38. The first-order chi connectivity index (χ1) is 16.5. The van der Waals surface area contributed by atoms with Crippen LogP contribution in [0.1, 0.15) is 35.7 Å². The number of aryl methyl sites for hydroxylation is 1. The first-order valence-corrected chi connectivity index (χ1v) is 11.3. The van der Waals surface area contributed by atoms with Gasteiger partial charge in [-0.15, -0.1) is 0 Å². The average Bonchev–Trinajstić information content (AvgIpc) is 3.54. The Kier molecular flexibility index (Phi) is 5.90. The van der Waals surface area contributed by atoms with E-state index in [0.29, 0.717) is 23.4 Å². The maximum Gasteiger partial charge on any atom is 0.258 e. The summed E-state index contributed by atoms with van der Waals surface area (Å²) in [5.74, 6) is 2.56. The van der Waals surface area contributed by atoms with E-state index >= 15 is 0 Å². The van der Waals surface area contributed by atoms with Crippen molar-refractivity contribution in [2.24, 2.45) is 0 Å². The molecule has 1 aliphatic rings. The number of ether oxygens (including phenoxy) is 1. The van der Waals surface area contributed by atoms with Crippen molar-refractivity contribution in [3.63, 3.8) is 0 Å². The van der Waals surface area contributed by atoms with Crippen LogP contribution >= 0.6 is 12.2 Å². The van der Waals surface area contributed by atoms with Crippen molar-refractivity contribution in [2.75, 3.05) is 7.11 Å². The molecule has 1 N–H and O–H groups in total. The Morgan fingerprint density at radius 2 is 1.82 bits per heavy atom. The first-order valence-electron chi connectivity index (χ1n) is 10.9. The Morgan fingerprint density at radius 1 is 1.06 bits per heavy atom. The molecule has 1 aliphatic heterocycles. The molecule has 0 radical (unpaired) electrons. The molecule has 1 atom stereocenters. The zero-order chi connectivity index (χ0) is 23.7. The summed E-state index contributed by atoms with van der Waals surface area (Å²) >= 11 is 5.75. The average molecular weight is 473 g/mol. The van der Waals surface area contributed by atoms with Gasteiger partial charge in [0.1, 0.15) is 11.5 Å². The predicted octanol–water partition coefficient (Wildman–Crippen LogP) is 5.51. The van der Waals surface area contributed by atoms with Crippen molar-refractivity contribution in [2.45, 2.75) is 26.4 Å². The summed E-state index contributed by atoms with van der Waals surface area (Å²) in [6.45, 7) is 4.55. The van der Waals surface area contributed by atoms with E-state index < -0.39 is 0 Å². The molecule has 8 heteroatoms. The number of nitrogens with one attached hydrogen (secondary N) is 1. The predicted molar refractivity (Wildman–Crippen MR) is 133 cm³/mol. The van der Waals surface area contributed by atoms with Gasteiger partial charge in [0.25, 0.3) is 5.89 Å². The largest absolute Gasteiger partial charge is 0.497 e. The summed E-state index contributed by atoms with van der Waals surface area (Å²) in [4.78, 5) is 6.74. The maximum absolute atomic E-state index is 5.80. The Hall–Kier alpha value is -3.91. The smallest absolute Gasteiger partial charge is 0.258 e. The second-order valence-corrected chi connectivity index (χ2v) is 8.50. The van der Waals surface area contributed by atoms with Gasteiger partial charge < -0.3 is 23.9 Å². The highest BCUT2D eigenvalue weighted by Gasteiger charge is 2.34. The zero-order valence-corrected chi connectivity index (χ0v) is 19.9. The van der Waals surface area contributed by atoms with Crippen LogP contribution < -0.4 is 10.1 Å². The Bertz CT molecular complexity index is 1330. The molecule has 0 saturated heterocycles. The van der Waals surface area contributed by atoms with Gasteiger partial charge in [0.2, 0.25) is 5.82 Å². The van der Waals surface area contributed by atoms with Crippen LogP contribution in [-0.4, -0.2) is 27.3 Å². The summed E-state index contributed by atoms with van der Waals surface area (Å²) in [5, 5.41) is 8.31. The molecule has 1 unspecified atom stereocenters. The number of aromatic nitrogens is 2. The molecule has 5 rings (SSSR count). The van der Waals surface area contributed by atoms with E-state index in [4.69, 9.17) is 30.9 Å². The molecule has 0 saturated carbocycles. The van der Waals surface area contributed by atoms with Gasteiger partial charge in [-0.05, 0) is 55.9 Å². The van der Waals surface area contributed by atoms with Crippen LogP contribution in [0.4, 0.5) is 0 Å². The first kappa shape index (κ1) is 21.9. The van der Waals surface area contributed by atoms with Gasteiger partial charge in [-0.2, -0.15) is 4.98 Å². The lowest BCUT2D eigenvalue weighted by molar-refractivity contribution is 0.382. The minimum absolute atomic E-state index is 0.266. The van der Waals surface area contributed by atoms with Crippen LogP contribution in [0.5, 0.6) is 5.75 Å². The quantitative estimate of drug-likeness (QED) is 0.368. The molecule has 0 bridgehead atoms. The Balaban J connectivity index is 1.58. The number of hydrogen-bond acceptors (Lipinski definition) is 6. The molecule has 4 aromatic rings. The van der Waals surface area contributed by atoms with Gasteiger partial charge in [0, 0.05) is 11.3 Å². The lowest BCUT2D eigenvalue weighted by atomic mass is 9.94. The molecule has 0 amide bonds. The third kappa shape index (κ3) is 4.20. The number of allylic oxidation sites excluding steroid dienone is 1. The van der Waals surface area contributed by atoms with Crippen LogP contribution in [0.3, 0.4) is 0 Å². The number of methoxy groups -OCH3 is 1. The maximum atomic E-state index is 5.80. The summed E-state index contributed by atoms with van der Waals surface area (Å²) in [6.07, 6.45) is 1.65. The molecule has 2 aromatic carbocycles. The number of furan rings is 1. The summed E-state index contributed by atoms with van der Waals surface area (Å²) in [5.41, 5.74) is 4.84. The van der Waals surface area contributed by atoms with Gasteiger partial charge in [0.15, 0.2) is 5.11 Å². The number of benzene rings is 2. The fraction of sp³-hybridized carbons (Fsp3) is 0.192. The summed E-state index contributed by atoms with van der Waals surface area (Å²) < 4.78 is 16.7. The van der Waals surface area contributed by atoms with Gasteiger partial charge in [-0.3, -0.25) is 0 Å². The Morgan fingerprint density at radius 3 is 2.50 bits per heavy atom. The van der Waals surface area contributed by atoms with Crippen molar-refractivity contribution in [1.29, 1.82) is 0 Å². The van der Waals surface area contributed by atoms with Crippen LogP contribution in [0.15, 0.2) is 81.6 Å². The van der Waals surface area contributed by atoms with E-state index in [9.17, 15) is 0 Å². The molecule has 3 heterocycles. The van der Waals surface area contributed by atoms with E-state index in [2.05, 4.69) is 10.5 Å². The standard InChI is InChI=1S/C26H24N4O3S/c1-16-6-8-19(9-7-16)24-28-25(33-29-24)22-17(2)30(15-21-5-4-14-32-21)26(34)27-23(22)18-10-12-20(31-3)13-11-18/h4-14,23H,15H2,1-3H3,(H,27,34). The summed E-state index contributed by atoms with van der Waals surface area (Å²) in [7, 11) is 1.65. The second-order valence-electron chi connectivity index (χ2n) is 8.11. The fourth-order valence-corrected chi connectivity index (χ4v) is 4.33. The van der Waals surface area contributed by atoms with Gasteiger partial charge >= 0.3 is 0 Å². The lowest BCUT2D eigenvalue weighted by Gasteiger charge is -2.37. The minimum Gasteiger partial charge on any atom is -0.497 e. The van der Waals surface area contributed by atoms with Crippen LogP contribution in [-0.2, 0) is 6.54 Å². The van der Waals surface area contributed by atoms with Crippen LogP contribution in [0, 0.1) is 6.92 Å². The van der Waals surface area contributed by atoms with E-state index in [-0.39, 0.29) is 6.04 Å². The van der Waals surface area contributed by atoms with Crippen molar-refractivity contribution in [1.82, 2.24) is 20.4 Å². The number of nitrogens with zero attached hydrogens (tertiary/aromatic N) is 3. The SMILES string of the molecule is COc1ccc(C2NC(=S)N(Cc3ccco3)C(C)=C2c2nc(-c3ccc(C)cc3)no2)cc1. The van der Waals surface area contributed by atoms with E-state index in [1.165, 1.54) is 5.56 Å². The lowest BCUT2D eigenvalue weighted by Crippen LogP contribution is -2.45. The van der Waals surface area contributed by atoms with Gasteiger partial charge in [-0.25, -0.2) is 0 Å². The van der Waals surface area contributed by atoms with E-state index in [0.717, 1.165) is 33.9 Å². The second kappa shape index (κ2) is 9.15. The van der Waals surface area contributed by atoms with Crippen molar-refractivity contribution >= 4 is 22.9 Å². The number of thiocarbonyl (C=S) groups is 1. The molecule has 172 valence electrons. The zero-order valence-electron chi connectivity index (χ0n) is 19.1. The molecular weight excluding hydrogens is 448 g/mol. The molecule has 2 aromatic heterocycles. The molecule has 34 heavy (non-hydrogen) atoms. The van der Waals surface area contributed by atoms with Crippen LogP contribution in [0.25, 0.3) is 17.0 Å². The topological polar surface area (TPSA) is 76.6 Å². The monoisotopic (exact) mass is 472 g/mol. The highest BCUT2D eigenvalue weighted by atomic mass is 32.1. The third-order valence-corrected chi connectivity index (χ3v) is 6.24. The van der Waals surface area contributed by atoms with Gasteiger partial charge in [0.05, 0.1) is 31.5 Å². The molecule has 0 spiro atoms. The summed E-state index contributed by atoms with van der Waals surface area (Å²) in [6, 6.07) is 19.4. The van der Waals surface area contributed by atoms with E-state index in [1.807, 2.05) is 79.4 Å². The molecule has 0 fully saturated rings. The van der Waals surface area contributed by atoms with E-state index in [1.54, 1.807) is 13.4 Å². The molecule has 7 nitrogen and oxygen atoms in total. The van der Waals surface area contributed by atoms with Crippen molar-refractivity contribution < 1.29 is 13.7 Å². The molecular formula is C26H24N4O3S. The number of hydrogen-bond donors (Lipinski definition) is 1. The van der Waals surface area contributed by atoms with Gasteiger partial charge in [-0.1, -0.05) is 47.1 Å². The fourth-order valence-electron chi connectivity index (χ4n) is 4.01. The third-order valence-electron chi connectivity index (χ3n) is 5.91. The minimum atomic E-state index is -0.266. The van der Waals surface area contributed by atoms with Crippen molar-refractivity contribution in [3.8, 4) is 17.1 Å². The number of rotatable bonds is 6. The highest BCUT2D eigenvalue weighted by molar-refractivity contribution is 7.80.